The molecule has 4 rings (SSSR count). The molecular formula is C16H13N5O2S. The van der Waals surface area contributed by atoms with Crippen LogP contribution in [0.2, 0.25) is 0 Å². The number of thioether (sulfide) groups is 1. The van der Waals surface area contributed by atoms with Crippen molar-refractivity contribution in [3.05, 3.63) is 60.0 Å². The molecule has 0 saturated carbocycles. The molecule has 3 aromatic heterocycles. The zero-order valence-electron chi connectivity index (χ0n) is 12.8. The number of furan rings is 1. The Balaban J connectivity index is 1.52. The SMILES string of the molecule is Cc1ccccc1-n1nnnc1SCc1cc(-c2ccco2)on1. The van der Waals surface area contributed by atoms with Gasteiger partial charge in [-0.1, -0.05) is 35.1 Å². The second kappa shape index (κ2) is 6.32. The molecule has 4 aromatic rings. The summed E-state index contributed by atoms with van der Waals surface area (Å²) >= 11 is 1.49. The molecule has 0 bridgehead atoms. The summed E-state index contributed by atoms with van der Waals surface area (Å²) in [5.41, 5.74) is 2.86. The molecular weight excluding hydrogens is 326 g/mol. The van der Waals surface area contributed by atoms with Gasteiger partial charge in [-0.2, -0.15) is 4.68 Å². The van der Waals surface area contributed by atoms with Crippen molar-refractivity contribution < 1.29 is 8.94 Å². The second-order valence-electron chi connectivity index (χ2n) is 5.11. The molecule has 0 fully saturated rings. The van der Waals surface area contributed by atoms with E-state index in [1.165, 1.54) is 11.8 Å². The molecule has 1 aromatic carbocycles. The maximum atomic E-state index is 5.30. The zero-order valence-corrected chi connectivity index (χ0v) is 13.6. The van der Waals surface area contributed by atoms with Crippen molar-refractivity contribution in [2.45, 2.75) is 17.8 Å². The molecule has 0 unspecified atom stereocenters. The maximum Gasteiger partial charge on any atom is 0.214 e. The average molecular weight is 339 g/mol. The summed E-state index contributed by atoms with van der Waals surface area (Å²) in [7, 11) is 0. The van der Waals surface area contributed by atoms with Crippen molar-refractivity contribution in [1.29, 1.82) is 0 Å². The monoisotopic (exact) mass is 339 g/mol. The lowest BCUT2D eigenvalue weighted by Crippen LogP contribution is -2.01. The highest BCUT2D eigenvalue weighted by molar-refractivity contribution is 7.98. The first-order chi connectivity index (χ1) is 11.8. The first-order valence-electron chi connectivity index (χ1n) is 7.28. The predicted octanol–water partition coefficient (Wildman–Crippen LogP) is 3.51. The summed E-state index contributed by atoms with van der Waals surface area (Å²) < 4.78 is 12.3. The minimum absolute atomic E-state index is 0.594. The summed E-state index contributed by atoms with van der Waals surface area (Å²) in [6, 6.07) is 13.5. The Morgan fingerprint density at radius 2 is 2.04 bits per heavy atom. The normalized spacial score (nSPS) is 11.0. The van der Waals surface area contributed by atoms with E-state index in [0.717, 1.165) is 16.9 Å². The lowest BCUT2D eigenvalue weighted by Gasteiger charge is -2.06. The van der Waals surface area contributed by atoms with Gasteiger partial charge in [0.15, 0.2) is 5.76 Å². The third-order valence-electron chi connectivity index (χ3n) is 3.46. The molecule has 0 saturated heterocycles. The van der Waals surface area contributed by atoms with Crippen LogP contribution in [-0.4, -0.2) is 25.4 Å². The smallest absolute Gasteiger partial charge is 0.214 e. The number of aromatic nitrogens is 5. The van der Waals surface area contributed by atoms with Crippen LogP contribution >= 0.6 is 11.8 Å². The number of aryl methyl sites for hydroxylation is 1. The van der Waals surface area contributed by atoms with Crippen LogP contribution in [0.1, 0.15) is 11.3 Å². The third kappa shape index (κ3) is 2.83. The van der Waals surface area contributed by atoms with Crippen LogP contribution in [0.5, 0.6) is 0 Å². The summed E-state index contributed by atoms with van der Waals surface area (Å²) in [6.45, 7) is 2.03. The topological polar surface area (TPSA) is 82.8 Å². The van der Waals surface area contributed by atoms with Gasteiger partial charge in [0, 0.05) is 11.8 Å². The molecule has 0 aliphatic heterocycles. The molecule has 0 N–H and O–H groups in total. The van der Waals surface area contributed by atoms with E-state index in [1.807, 2.05) is 49.4 Å². The fraction of sp³-hybridized carbons (Fsp3) is 0.125. The number of nitrogens with zero attached hydrogens (tertiary/aromatic N) is 5. The molecule has 7 nitrogen and oxygen atoms in total. The molecule has 3 heterocycles. The van der Waals surface area contributed by atoms with Crippen molar-refractivity contribution in [2.75, 3.05) is 0 Å². The minimum atomic E-state index is 0.594. The quantitative estimate of drug-likeness (QED) is 0.514. The fourth-order valence-electron chi connectivity index (χ4n) is 2.27. The standard InChI is InChI=1S/C16H13N5O2S/c1-11-5-2-3-6-13(11)21-16(17-19-20-21)24-10-12-9-15(23-18-12)14-7-4-8-22-14/h2-9H,10H2,1H3. The van der Waals surface area contributed by atoms with E-state index in [9.17, 15) is 0 Å². The van der Waals surface area contributed by atoms with Gasteiger partial charge in [-0.05, 0) is 41.1 Å². The Labute approximate surface area is 141 Å². The number of hydrogen-bond acceptors (Lipinski definition) is 7. The van der Waals surface area contributed by atoms with Crippen molar-refractivity contribution >= 4 is 11.8 Å². The Hall–Kier alpha value is -2.87. The van der Waals surface area contributed by atoms with Gasteiger partial charge in [0.2, 0.25) is 10.9 Å². The van der Waals surface area contributed by atoms with Gasteiger partial charge in [0.1, 0.15) is 0 Å². The van der Waals surface area contributed by atoms with E-state index in [1.54, 1.807) is 10.9 Å². The zero-order chi connectivity index (χ0) is 16.4. The highest BCUT2D eigenvalue weighted by atomic mass is 32.2. The van der Waals surface area contributed by atoms with Crippen molar-refractivity contribution in [1.82, 2.24) is 25.4 Å². The number of hydrogen-bond donors (Lipinski definition) is 0. The largest absolute Gasteiger partial charge is 0.461 e. The van der Waals surface area contributed by atoms with E-state index in [4.69, 9.17) is 8.94 Å². The summed E-state index contributed by atoms with van der Waals surface area (Å²) in [5.74, 6) is 1.86. The predicted molar refractivity (Wildman–Crippen MR) is 87.7 cm³/mol. The van der Waals surface area contributed by atoms with Gasteiger partial charge in [0.05, 0.1) is 17.6 Å². The third-order valence-corrected chi connectivity index (χ3v) is 4.41. The lowest BCUT2D eigenvalue weighted by molar-refractivity contribution is 0.413. The van der Waals surface area contributed by atoms with E-state index in [-0.39, 0.29) is 0 Å². The molecule has 0 amide bonds. The molecule has 0 atom stereocenters. The van der Waals surface area contributed by atoms with Crippen LogP contribution < -0.4 is 0 Å². The summed E-state index contributed by atoms with van der Waals surface area (Å²) in [4.78, 5) is 0. The van der Waals surface area contributed by atoms with E-state index in [2.05, 4.69) is 20.7 Å². The first-order valence-corrected chi connectivity index (χ1v) is 8.26. The van der Waals surface area contributed by atoms with Crippen LogP contribution in [-0.2, 0) is 5.75 Å². The first kappa shape index (κ1) is 14.7. The van der Waals surface area contributed by atoms with Gasteiger partial charge in [-0.3, -0.25) is 0 Å². The van der Waals surface area contributed by atoms with Crippen LogP contribution in [0.4, 0.5) is 0 Å². The van der Waals surface area contributed by atoms with Crippen LogP contribution in [0.25, 0.3) is 17.2 Å². The number of tetrazole rings is 1. The molecule has 120 valence electrons. The highest BCUT2D eigenvalue weighted by Gasteiger charge is 2.13. The Bertz CT molecular complexity index is 945. The summed E-state index contributed by atoms with van der Waals surface area (Å²) in [6.07, 6.45) is 1.60. The Morgan fingerprint density at radius 1 is 1.12 bits per heavy atom. The van der Waals surface area contributed by atoms with Crippen LogP contribution in [0.15, 0.2) is 62.8 Å². The van der Waals surface area contributed by atoms with Crippen molar-refractivity contribution in [3.8, 4) is 17.2 Å². The van der Waals surface area contributed by atoms with Gasteiger partial charge in [-0.25, -0.2) is 0 Å². The van der Waals surface area contributed by atoms with Gasteiger partial charge < -0.3 is 8.94 Å². The fourth-order valence-corrected chi connectivity index (χ4v) is 3.04. The molecule has 0 spiro atoms. The van der Waals surface area contributed by atoms with Crippen LogP contribution in [0, 0.1) is 6.92 Å². The van der Waals surface area contributed by atoms with Crippen molar-refractivity contribution in [3.63, 3.8) is 0 Å². The minimum Gasteiger partial charge on any atom is -0.461 e. The molecule has 0 aliphatic rings. The average Bonchev–Trinajstić information content (AvgIpc) is 3.34. The molecule has 24 heavy (non-hydrogen) atoms. The lowest BCUT2D eigenvalue weighted by atomic mass is 10.2. The maximum absolute atomic E-state index is 5.30. The van der Waals surface area contributed by atoms with Gasteiger partial charge in [0.25, 0.3) is 0 Å². The molecule has 0 radical (unpaired) electrons. The highest BCUT2D eigenvalue weighted by Crippen LogP contribution is 2.26. The van der Waals surface area contributed by atoms with Crippen LogP contribution in [0.3, 0.4) is 0 Å². The Kier molecular flexibility index (Phi) is 3.87. The van der Waals surface area contributed by atoms with Gasteiger partial charge >= 0.3 is 0 Å². The number of para-hydroxylation sites is 1. The van der Waals surface area contributed by atoms with E-state index < -0.39 is 0 Å². The van der Waals surface area contributed by atoms with Gasteiger partial charge in [-0.15, -0.1) is 5.10 Å². The number of rotatable bonds is 5. The van der Waals surface area contributed by atoms with E-state index >= 15 is 0 Å². The Morgan fingerprint density at radius 3 is 2.88 bits per heavy atom. The second-order valence-corrected chi connectivity index (χ2v) is 6.05. The molecule has 0 aliphatic carbocycles. The number of benzene rings is 1. The van der Waals surface area contributed by atoms with Crippen molar-refractivity contribution in [2.24, 2.45) is 0 Å². The van der Waals surface area contributed by atoms with E-state index in [0.29, 0.717) is 22.4 Å². The summed E-state index contributed by atoms with van der Waals surface area (Å²) in [5, 5.41) is 16.7. The molecule has 8 heteroatoms.